The predicted octanol–water partition coefficient (Wildman–Crippen LogP) is 0.0200. The van der Waals surface area contributed by atoms with Crippen molar-refractivity contribution in [2.24, 2.45) is 13.0 Å². The number of nitrogens with one attached hydrogen (secondary N) is 1. The third-order valence-electron chi connectivity index (χ3n) is 4.96. The Morgan fingerprint density at radius 2 is 2.04 bits per heavy atom. The molecule has 126 valence electrons. The van der Waals surface area contributed by atoms with Crippen molar-refractivity contribution >= 4 is 5.91 Å². The maximum atomic E-state index is 12.8. The summed E-state index contributed by atoms with van der Waals surface area (Å²) in [5.41, 5.74) is -1.05. The lowest BCUT2D eigenvalue weighted by Gasteiger charge is -2.35. The molecule has 7 heteroatoms. The van der Waals surface area contributed by atoms with E-state index in [0.29, 0.717) is 25.0 Å². The molecule has 2 atom stereocenters. The van der Waals surface area contributed by atoms with Crippen LogP contribution in [0, 0.1) is 5.92 Å². The van der Waals surface area contributed by atoms with E-state index in [0.717, 1.165) is 32.4 Å². The number of hydrogen-bond donors (Lipinski definition) is 1. The smallest absolute Gasteiger partial charge is 0.328 e. The predicted molar refractivity (Wildman–Crippen MR) is 86.6 cm³/mol. The molecule has 4 rings (SSSR count). The largest absolute Gasteiger partial charge is 0.337 e. The maximum absolute atomic E-state index is 12.8. The van der Waals surface area contributed by atoms with Gasteiger partial charge in [0.25, 0.3) is 11.5 Å². The summed E-state index contributed by atoms with van der Waals surface area (Å²) in [7, 11) is 1.53. The first-order valence-corrected chi connectivity index (χ1v) is 8.33. The Morgan fingerprint density at radius 1 is 1.26 bits per heavy atom. The van der Waals surface area contributed by atoms with Crippen molar-refractivity contribution < 1.29 is 4.79 Å². The molecule has 0 aliphatic carbocycles. The molecule has 1 amide bonds. The van der Waals surface area contributed by atoms with Crippen LogP contribution in [0.1, 0.15) is 36.5 Å². The van der Waals surface area contributed by atoms with E-state index in [-0.39, 0.29) is 11.5 Å². The minimum atomic E-state index is -0.597. The summed E-state index contributed by atoms with van der Waals surface area (Å²) in [5.74, 6) is 0.202. The van der Waals surface area contributed by atoms with Crippen LogP contribution in [0.5, 0.6) is 0 Å². The van der Waals surface area contributed by atoms with Crippen LogP contribution in [0.2, 0.25) is 0 Å². The van der Waals surface area contributed by atoms with Crippen molar-refractivity contribution in [1.29, 1.82) is 0 Å². The molecule has 1 N–H and O–H groups in total. The quantitative estimate of drug-likeness (QED) is 0.852. The zero-order valence-corrected chi connectivity index (χ0v) is 13.7. The van der Waals surface area contributed by atoms with Crippen LogP contribution < -0.4 is 11.2 Å². The highest BCUT2D eigenvalue weighted by molar-refractivity contribution is 5.93. The number of carbonyl (C=O) groups is 1. The molecule has 23 heavy (non-hydrogen) atoms. The zero-order valence-electron chi connectivity index (χ0n) is 13.7. The van der Waals surface area contributed by atoms with E-state index >= 15 is 0 Å². The minimum absolute atomic E-state index is 0.0513. The molecule has 0 radical (unpaired) electrons. The number of amides is 1. The van der Waals surface area contributed by atoms with Gasteiger partial charge in [-0.15, -0.1) is 0 Å². The highest BCUT2D eigenvalue weighted by Gasteiger charge is 2.36. The lowest BCUT2D eigenvalue weighted by atomic mass is 9.95. The number of piperidine rings is 1. The first-order chi connectivity index (χ1) is 11.0. The molecule has 0 aromatic carbocycles. The van der Waals surface area contributed by atoms with Crippen molar-refractivity contribution in [1.82, 2.24) is 19.4 Å². The van der Waals surface area contributed by atoms with Crippen molar-refractivity contribution in [2.75, 3.05) is 26.2 Å². The van der Waals surface area contributed by atoms with Gasteiger partial charge in [0.1, 0.15) is 5.56 Å². The minimum Gasteiger partial charge on any atom is -0.337 e. The fourth-order valence-electron chi connectivity index (χ4n) is 3.79. The summed E-state index contributed by atoms with van der Waals surface area (Å²) < 4.78 is 1.24. The highest BCUT2D eigenvalue weighted by Crippen LogP contribution is 2.28. The molecule has 7 nitrogen and oxygen atoms in total. The third kappa shape index (κ3) is 3.10. The SMILES string of the molecule is CCCN1C[C@@H]2CC[C@H]1CN(C(=O)c1cn(C)c(=O)[nH]c1=O)C2. The normalized spacial score (nSPS) is 24.7. The Balaban J connectivity index is 1.85. The topological polar surface area (TPSA) is 78.4 Å². The summed E-state index contributed by atoms with van der Waals surface area (Å²) in [6.07, 6.45) is 4.70. The molecule has 1 aromatic rings. The van der Waals surface area contributed by atoms with E-state index in [1.54, 1.807) is 4.90 Å². The molecule has 2 bridgehead atoms. The van der Waals surface area contributed by atoms with Crippen LogP contribution in [-0.2, 0) is 7.05 Å². The number of nitrogens with zero attached hydrogens (tertiary/aromatic N) is 3. The number of H-pyrrole nitrogens is 1. The fraction of sp³-hybridized carbons (Fsp3) is 0.688. The molecular formula is C16H24N4O3. The number of aromatic amines is 1. The van der Waals surface area contributed by atoms with Crippen LogP contribution in [0.15, 0.2) is 15.8 Å². The van der Waals surface area contributed by atoms with Gasteiger partial charge in [0.15, 0.2) is 0 Å². The molecule has 3 aliphatic rings. The standard InChI is InChI=1S/C16H24N4O3/c1-3-6-19-7-11-4-5-12(19)9-20(8-11)15(22)13-10-18(2)16(23)17-14(13)21/h10-12H,3-9H2,1-2H3,(H,17,21,23)/t11-,12-/m0/s1. The first-order valence-electron chi connectivity index (χ1n) is 8.33. The van der Waals surface area contributed by atoms with Gasteiger partial charge in [-0.05, 0) is 31.7 Å². The number of rotatable bonds is 3. The molecule has 3 aliphatic heterocycles. The zero-order chi connectivity index (χ0) is 16.6. The average Bonchev–Trinajstić information content (AvgIpc) is 2.82. The molecular weight excluding hydrogens is 296 g/mol. The average molecular weight is 320 g/mol. The molecule has 0 saturated carbocycles. The molecule has 1 aromatic heterocycles. The second kappa shape index (κ2) is 6.31. The third-order valence-corrected chi connectivity index (χ3v) is 4.96. The number of hydrogen-bond acceptors (Lipinski definition) is 4. The van der Waals surface area contributed by atoms with Gasteiger partial charge in [-0.2, -0.15) is 0 Å². The number of aryl methyl sites for hydroxylation is 1. The summed E-state index contributed by atoms with van der Waals surface area (Å²) in [5, 5.41) is 0. The van der Waals surface area contributed by atoms with Gasteiger partial charge in [-0.1, -0.05) is 6.92 Å². The van der Waals surface area contributed by atoms with Gasteiger partial charge in [0, 0.05) is 38.9 Å². The van der Waals surface area contributed by atoms with Gasteiger partial charge >= 0.3 is 5.69 Å². The Bertz CT molecular complexity index is 708. The fourth-order valence-corrected chi connectivity index (χ4v) is 3.79. The van der Waals surface area contributed by atoms with Gasteiger partial charge in [-0.25, -0.2) is 4.79 Å². The second-order valence-electron chi connectivity index (χ2n) is 6.72. The number of carbonyl (C=O) groups excluding carboxylic acids is 1. The summed E-state index contributed by atoms with van der Waals surface area (Å²) in [4.78, 5) is 42.7. The summed E-state index contributed by atoms with van der Waals surface area (Å²) in [6.45, 7) is 5.62. The van der Waals surface area contributed by atoms with E-state index in [1.165, 1.54) is 17.8 Å². The lowest BCUT2D eigenvalue weighted by Crippen LogP contribution is -2.45. The Labute approximate surface area is 134 Å². The number of fused-ring (bicyclic) bond motifs is 4. The van der Waals surface area contributed by atoms with Crippen LogP contribution in [0.3, 0.4) is 0 Å². The molecule has 3 fully saturated rings. The van der Waals surface area contributed by atoms with Crippen molar-refractivity contribution in [3.63, 3.8) is 0 Å². The van der Waals surface area contributed by atoms with Crippen molar-refractivity contribution in [3.8, 4) is 0 Å². The molecule has 0 spiro atoms. The van der Waals surface area contributed by atoms with Crippen LogP contribution in [-0.4, -0.2) is 57.5 Å². The monoisotopic (exact) mass is 320 g/mol. The van der Waals surface area contributed by atoms with Crippen molar-refractivity contribution in [3.05, 3.63) is 32.6 Å². The second-order valence-corrected chi connectivity index (χ2v) is 6.72. The first kappa shape index (κ1) is 16.0. The van der Waals surface area contributed by atoms with E-state index in [2.05, 4.69) is 16.8 Å². The summed E-state index contributed by atoms with van der Waals surface area (Å²) in [6, 6.07) is 0.379. The maximum Gasteiger partial charge on any atom is 0.328 e. The Hall–Kier alpha value is -1.89. The van der Waals surface area contributed by atoms with Crippen molar-refractivity contribution in [2.45, 2.75) is 32.2 Å². The van der Waals surface area contributed by atoms with Crippen LogP contribution >= 0.6 is 0 Å². The number of aromatic nitrogens is 2. The Kier molecular flexibility index (Phi) is 4.39. The summed E-state index contributed by atoms with van der Waals surface area (Å²) >= 11 is 0. The molecule has 0 unspecified atom stereocenters. The van der Waals surface area contributed by atoms with Crippen LogP contribution in [0.25, 0.3) is 0 Å². The van der Waals surface area contributed by atoms with Gasteiger partial charge in [0.05, 0.1) is 0 Å². The van der Waals surface area contributed by atoms with E-state index < -0.39 is 11.2 Å². The molecule has 4 heterocycles. The van der Waals surface area contributed by atoms with Gasteiger partial charge in [-0.3, -0.25) is 19.5 Å². The highest BCUT2D eigenvalue weighted by atomic mass is 16.2. The van der Waals surface area contributed by atoms with Crippen LogP contribution in [0.4, 0.5) is 0 Å². The van der Waals surface area contributed by atoms with E-state index in [9.17, 15) is 14.4 Å². The van der Waals surface area contributed by atoms with E-state index in [4.69, 9.17) is 0 Å². The Morgan fingerprint density at radius 3 is 2.78 bits per heavy atom. The lowest BCUT2D eigenvalue weighted by molar-refractivity contribution is 0.0735. The molecule has 3 saturated heterocycles. The van der Waals surface area contributed by atoms with Gasteiger partial charge in [0.2, 0.25) is 0 Å². The van der Waals surface area contributed by atoms with Gasteiger partial charge < -0.3 is 9.47 Å². The van der Waals surface area contributed by atoms with E-state index in [1.807, 2.05) is 0 Å².